The minimum Gasteiger partial charge on any atom is -0.263 e. The van der Waals surface area contributed by atoms with Gasteiger partial charge in [0.15, 0.2) is 0 Å². The zero-order valence-electron chi connectivity index (χ0n) is 11.0. The minimum atomic E-state index is 1.02. The van der Waals surface area contributed by atoms with Crippen molar-refractivity contribution in [2.45, 2.75) is 64.7 Å². The van der Waals surface area contributed by atoms with Crippen LogP contribution in [0.2, 0.25) is 0 Å². The number of nitrogens with one attached hydrogen (secondary N) is 1. The highest BCUT2D eigenvalue weighted by Crippen LogP contribution is 2.07. The Hall–Kier alpha value is -1.12. The molecule has 0 atom stereocenters. The van der Waals surface area contributed by atoms with Crippen molar-refractivity contribution in [3.05, 3.63) is 24.3 Å². The molecule has 0 aliphatic rings. The summed E-state index contributed by atoms with van der Waals surface area (Å²) in [4.78, 5) is 4.11. The van der Waals surface area contributed by atoms with Gasteiger partial charge in [-0.25, -0.2) is 4.98 Å². The molecule has 17 heavy (non-hydrogen) atoms. The number of rotatable bonds is 10. The zero-order chi connectivity index (χ0) is 12.2. The molecule has 96 valence electrons. The van der Waals surface area contributed by atoms with Crippen molar-refractivity contribution in [2.24, 2.45) is 0 Å². The second kappa shape index (κ2) is 10.1. The predicted octanol–water partition coefficient (Wildman–Crippen LogP) is 4.04. The van der Waals surface area contributed by atoms with Crippen LogP contribution in [0.15, 0.2) is 18.5 Å². The van der Waals surface area contributed by atoms with Gasteiger partial charge in [0.1, 0.15) is 12.2 Å². The van der Waals surface area contributed by atoms with E-state index in [1.165, 1.54) is 51.4 Å². The first-order valence-electron chi connectivity index (χ1n) is 6.92. The summed E-state index contributed by atoms with van der Waals surface area (Å²) >= 11 is 0. The third-order valence-electron chi connectivity index (χ3n) is 2.89. The maximum absolute atomic E-state index is 4.11. The van der Waals surface area contributed by atoms with Crippen molar-refractivity contribution in [1.82, 2.24) is 15.2 Å². The van der Waals surface area contributed by atoms with E-state index in [1.807, 2.05) is 0 Å². The lowest BCUT2D eigenvalue weighted by Crippen LogP contribution is -1.88. The number of aromatic nitrogens is 3. The van der Waals surface area contributed by atoms with E-state index in [0.717, 1.165) is 12.2 Å². The number of nitrogens with zero attached hydrogens (tertiary/aromatic N) is 2. The van der Waals surface area contributed by atoms with Gasteiger partial charge in [-0.3, -0.25) is 5.10 Å². The molecule has 0 saturated heterocycles. The van der Waals surface area contributed by atoms with E-state index in [2.05, 4.69) is 34.3 Å². The Labute approximate surface area is 105 Å². The predicted molar refractivity (Wildman–Crippen MR) is 71.8 cm³/mol. The summed E-state index contributed by atoms with van der Waals surface area (Å²) in [6.07, 6.45) is 17.6. The van der Waals surface area contributed by atoms with Gasteiger partial charge in [0, 0.05) is 6.42 Å². The Morgan fingerprint density at radius 1 is 1.06 bits per heavy atom. The molecule has 1 aromatic heterocycles. The van der Waals surface area contributed by atoms with E-state index < -0.39 is 0 Å². The van der Waals surface area contributed by atoms with Crippen LogP contribution < -0.4 is 0 Å². The van der Waals surface area contributed by atoms with E-state index >= 15 is 0 Å². The maximum Gasteiger partial charge on any atom is 0.137 e. The highest BCUT2D eigenvalue weighted by atomic mass is 15.2. The average Bonchev–Trinajstić information content (AvgIpc) is 2.85. The van der Waals surface area contributed by atoms with Crippen LogP contribution in [0.3, 0.4) is 0 Å². The molecule has 0 fully saturated rings. The van der Waals surface area contributed by atoms with Gasteiger partial charge in [-0.05, 0) is 25.7 Å². The highest BCUT2D eigenvalue weighted by molar-refractivity contribution is 4.81. The Balaban J connectivity index is 1.83. The van der Waals surface area contributed by atoms with Crippen LogP contribution in [0.4, 0.5) is 0 Å². The molecule has 0 aromatic carbocycles. The van der Waals surface area contributed by atoms with Crippen LogP contribution in [0.25, 0.3) is 0 Å². The molecule has 1 rings (SSSR count). The molecule has 0 radical (unpaired) electrons. The molecular weight excluding hydrogens is 210 g/mol. The lowest BCUT2D eigenvalue weighted by atomic mass is 10.1. The van der Waals surface area contributed by atoms with E-state index in [-0.39, 0.29) is 0 Å². The Morgan fingerprint density at radius 2 is 1.82 bits per heavy atom. The summed E-state index contributed by atoms with van der Waals surface area (Å²) < 4.78 is 0. The van der Waals surface area contributed by atoms with Crippen LogP contribution in [-0.2, 0) is 6.42 Å². The number of allylic oxidation sites excluding steroid dienone is 2. The van der Waals surface area contributed by atoms with Crippen LogP contribution in [0.5, 0.6) is 0 Å². The Kier molecular flexibility index (Phi) is 8.25. The molecule has 1 heterocycles. The first kappa shape index (κ1) is 13.9. The van der Waals surface area contributed by atoms with Crippen LogP contribution in [0, 0.1) is 0 Å². The van der Waals surface area contributed by atoms with Crippen molar-refractivity contribution < 1.29 is 0 Å². The number of H-pyrrole nitrogens is 1. The molecule has 0 bridgehead atoms. The maximum atomic E-state index is 4.11. The fraction of sp³-hybridized carbons (Fsp3) is 0.714. The summed E-state index contributed by atoms with van der Waals surface area (Å²) in [5.74, 6) is 1.02. The second-order valence-electron chi connectivity index (χ2n) is 4.50. The molecule has 1 aromatic rings. The van der Waals surface area contributed by atoms with Crippen molar-refractivity contribution >= 4 is 0 Å². The first-order chi connectivity index (χ1) is 8.43. The third kappa shape index (κ3) is 7.72. The number of hydrogen-bond donors (Lipinski definition) is 1. The molecule has 1 N–H and O–H groups in total. The molecule has 0 spiro atoms. The average molecular weight is 235 g/mol. The van der Waals surface area contributed by atoms with Crippen LogP contribution >= 0.6 is 0 Å². The molecule has 3 heteroatoms. The molecule has 0 amide bonds. The SMILES string of the molecule is CCCC/C=C\CCCCCCc1ncn[nH]1. The lowest BCUT2D eigenvalue weighted by molar-refractivity contribution is 0.635. The largest absolute Gasteiger partial charge is 0.263 e. The first-order valence-corrected chi connectivity index (χ1v) is 6.92. The second-order valence-corrected chi connectivity index (χ2v) is 4.50. The van der Waals surface area contributed by atoms with Crippen molar-refractivity contribution in [1.29, 1.82) is 0 Å². The van der Waals surface area contributed by atoms with Crippen LogP contribution in [-0.4, -0.2) is 15.2 Å². The molecule has 3 nitrogen and oxygen atoms in total. The topological polar surface area (TPSA) is 41.6 Å². The Morgan fingerprint density at radius 3 is 2.53 bits per heavy atom. The summed E-state index contributed by atoms with van der Waals surface area (Å²) in [5.41, 5.74) is 0. The van der Waals surface area contributed by atoms with E-state index in [9.17, 15) is 0 Å². The van der Waals surface area contributed by atoms with Gasteiger partial charge >= 0.3 is 0 Å². The smallest absolute Gasteiger partial charge is 0.137 e. The number of hydrogen-bond acceptors (Lipinski definition) is 2. The van der Waals surface area contributed by atoms with Crippen molar-refractivity contribution in [3.8, 4) is 0 Å². The summed E-state index contributed by atoms with van der Waals surface area (Å²) in [6, 6.07) is 0. The summed E-state index contributed by atoms with van der Waals surface area (Å²) in [7, 11) is 0. The normalized spacial score (nSPS) is 11.4. The zero-order valence-corrected chi connectivity index (χ0v) is 11.0. The van der Waals surface area contributed by atoms with Crippen LogP contribution in [0.1, 0.15) is 64.1 Å². The van der Waals surface area contributed by atoms with Gasteiger partial charge in [-0.1, -0.05) is 44.8 Å². The molecule has 0 aliphatic heterocycles. The van der Waals surface area contributed by atoms with Crippen molar-refractivity contribution in [2.75, 3.05) is 0 Å². The van der Waals surface area contributed by atoms with E-state index in [0.29, 0.717) is 0 Å². The summed E-state index contributed by atoms with van der Waals surface area (Å²) in [6.45, 7) is 2.24. The fourth-order valence-corrected chi connectivity index (χ4v) is 1.82. The van der Waals surface area contributed by atoms with Gasteiger partial charge in [0.05, 0.1) is 0 Å². The third-order valence-corrected chi connectivity index (χ3v) is 2.89. The number of unbranched alkanes of at least 4 members (excludes halogenated alkanes) is 6. The number of aromatic amines is 1. The minimum absolute atomic E-state index is 1.02. The van der Waals surface area contributed by atoms with Gasteiger partial charge in [-0.15, -0.1) is 0 Å². The standard InChI is InChI=1S/C14H25N3/c1-2-3-4-5-6-7-8-9-10-11-12-14-15-13-16-17-14/h5-6,13H,2-4,7-12H2,1H3,(H,15,16,17)/b6-5-. The summed E-state index contributed by atoms with van der Waals surface area (Å²) in [5, 5.41) is 6.74. The van der Waals surface area contributed by atoms with Crippen molar-refractivity contribution in [3.63, 3.8) is 0 Å². The molecule has 0 unspecified atom stereocenters. The monoisotopic (exact) mass is 235 g/mol. The lowest BCUT2D eigenvalue weighted by Gasteiger charge is -1.98. The van der Waals surface area contributed by atoms with E-state index in [1.54, 1.807) is 6.33 Å². The highest BCUT2D eigenvalue weighted by Gasteiger charge is 1.95. The molecular formula is C14H25N3. The van der Waals surface area contributed by atoms with Gasteiger partial charge in [0.2, 0.25) is 0 Å². The Bertz CT molecular complexity index is 278. The quantitative estimate of drug-likeness (QED) is 0.491. The number of aryl methyl sites for hydroxylation is 1. The fourth-order valence-electron chi connectivity index (χ4n) is 1.82. The van der Waals surface area contributed by atoms with Gasteiger partial charge in [-0.2, -0.15) is 5.10 Å². The van der Waals surface area contributed by atoms with Gasteiger partial charge in [0.25, 0.3) is 0 Å². The molecule has 0 saturated carbocycles. The molecule has 0 aliphatic carbocycles. The van der Waals surface area contributed by atoms with E-state index in [4.69, 9.17) is 0 Å². The van der Waals surface area contributed by atoms with Gasteiger partial charge < -0.3 is 0 Å².